The fraction of sp³-hybridized carbons (Fsp3) is 0.286. The first-order valence-corrected chi connectivity index (χ1v) is 6.63. The van der Waals surface area contributed by atoms with Crippen molar-refractivity contribution in [3.05, 3.63) is 35.0 Å². The summed E-state index contributed by atoms with van der Waals surface area (Å²) in [6.07, 6.45) is 2.41. The lowest BCUT2D eigenvalue weighted by Gasteiger charge is -2.07. The molecule has 0 amide bonds. The molecule has 0 unspecified atom stereocenters. The highest BCUT2D eigenvalue weighted by Crippen LogP contribution is 2.32. The van der Waals surface area contributed by atoms with Crippen molar-refractivity contribution in [1.82, 2.24) is 5.16 Å². The summed E-state index contributed by atoms with van der Waals surface area (Å²) < 4.78 is 10.7. The summed E-state index contributed by atoms with van der Waals surface area (Å²) in [4.78, 5) is 10.8. The van der Waals surface area contributed by atoms with Crippen LogP contribution in [0.3, 0.4) is 0 Å². The van der Waals surface area contributed by atoms with Gasteiger partial charge in [0.2, 0.25) is 0 Å². The lowest BCUT2D eigenvalue weighted by Crippen LogP contribution is -1.98. The van der Waals surface area contributed by atoms with Crippen molar-refractivity contribution in [2.75, 3.05) is 6.61 Å². The van der Waals surface area contributed by atoms with Crippen LogP contribution in [0.5, 0.6) is 5.75 Å². The molecule has 104 valence electrons. The largest absolute Gasteiger partial charge is 0.493 e. The van der Waals surface area contributed by atoms with Gasteiger partial charge in [-0.2, -0.15) is 0 Å². The van der Waals surface area contributed by atoms with Gasteiger partial charge in [0.05, 0.1) is 6.61 Å². The third kappa shape index (κ3) is 2.93. The van der Waals surface area contributed by atoms with E-state index in [1.54, 1.807) is 18.2 Å². The molecule has 3 rings (SSSR count). The molecule has 0 radical (unpaired) electrons. The summed E-state index contributed by atoms with van der Waals surface area (Å²) in [7, 11) is 0. The Labute approximate surface area is 120 Å². The Morgan fingerprint density at radius 1 is 1.40 bits per heavy atom. The van der Waals surface area contributed by atoms with Crippen LogP contribution < -0.4 is 4.74 Å². The van der Waals surface area contributed by atoms with Gasteiger partial charge < -0.3 is 14.4 Å². The maximum absolute atomic E-state index is 10.8. The minimum Gasteiger partial charge on any atom is -0.493 e. The molecule has 1 fully saturated rings. The normalized spacial score (nSPS) is 14.2. The number of nitrogens with zero attached hydrogens (tertiary/aromatic N) is 1. The highest BCUT2D eigenvalue weighted by Gasteiger charge is 2.22. The number of benzene rings is 1. The van der Waals surface area contributed by atoms with Gasteiger partial charge in [0.1, 0.15) is 5.75 Å². The maximum Gasteiger partial charge on any atom is 0.358 e. The Balaban J connectivity index is 1.84. The van der Waals surface area contributed by atoms with Gasteiger partial charge in [-0.15, -0.1) is 0 Å². The van der Waals surface area contributed by atoms with E-state index in [0.29, 0.717) is 34.6 Å². The van der Waals surface area contributed by atoms with Crippen molar-refractivity contribution in [3.63, 3.8) is 0 Å². The molecule has 1 aromatic heterocycles. The average molecular weight is 294 g/mol. The lowest BCUT2D eigenvalue weighted by molar-refractivity contribution is 0.0686. The third-order valence-electron chi connectivity index (χ3n) is 3.07. The molecule has 20 heavy (non-hydrogen) atoms. The molecule has 0 spiro atoms. The molecule has 0 saturated heterocycles. The molecule has 1 aromatic carbocycles. The zero-order chi connectivity index (χ0) is 14.1. The maximum atomic E-state index is 10.8. The van der Waals surface area contributed by atoms with E-state index in [9.17, 15) is 4.79 Å². The number of carbonyl (C=O) groups is 1. The van der Waals surface area contributed by atoms with Crippen LogP contribution in [-0.2, 0) is 0 Å². The number of hydrogen-bond donors (Lipinski definition) is 1. The van der Waals surface area contributed by atoms with E-state index >= 15 is 0 Å². The second-order valence-corrected chi connectivity index (χ2v) is 5.25. The van der Waals surface area contributed by atoms with Crippen LogP contribution in [0.25, 0.3) is 11.3 Å². The first kappa shape index (κ1) is 13.0. The topological polar surface area (TPSA) is 72.6 Å². The Kier molecular flexibility index (Phi) is 3.36. The first-order chi connectivity index (χ1) is 9.61. The van der Waals surface area contributed by atoms with E-state index in [-0.39, 0.29) is 5.69 Å². The fourth-order valence-electron chi connectivity index (χ4n) is 1.80. The molecule has 0 bridgehead atoms. The Bertz CT molecular complexity index is 648. The van der Waals surface area contributed by atoms with Crippen LogP contribution in [0.4, 0.5) is 0 Å². The van der Waals surface area contributed by atoms with E-state index in [1.165, 1.54) is 18.9 Å². The SMILES string of the molecule is O=C(O)c1cc(-c2cc(Cl)cc(OCC3CC3)c2)on1. The fourth-order valence-corrected chi connectivity index (χ4v) is 2.02. The van der Waals surface area contributed by atoms with E-state index in [2.05, 4.69) is 5.16 Å². The van der Waals surface area contributed by atoms with Gasteiger partial charge in [-0.1, -0.05) is 16.8 Å². The number of halogens is 1. The zero-order valence-corrected chi connectivity index (χ0v) is 11.3. The highest BCUT2D eigenvalue weighted by atomic mass is 35.5. The summed E-state index contributed by atoms with van der Waals surface area (Å²) in [6.45, 7) is 0.677. The second kappa shape index (κ2) is 5.17. The van der Waals surface area contributed by atoms with Gasteiger partial charge in [0.25, 0.3) is 0 Å². The van der Waals surface area contributed by atoms with E-state index < -0.39 is 5.97 Å². The summed E-state index contributed by atoms with van der Waals surface area (Å²) >= 11 is 6.04. The van der Waals surface area contributed by atoms with Crippen molar-refractivity contribution in [1.29, 1.82) is 0 Å². The number of aromatic carboxylic acids is 1. The molecule has 0 atom stereocenters. The molecule has 5 nitrogen and oxygen atoms in total. The van der Waals surface area contributed by atoms with Crippen LogP contribution >= 0.6 is 11.6 Å². The number of carboxylic acids is 1. The summed E-state index contributed by atoms with van der Waals surface area (Å²) in [5.74, 6) is 0.502. The highest BCUT2D eigenvalue weighted by molar-refractivity contribution is 6.31. The molecule has 0 aliphatic heterocycles. The van der Waals surface area contributed by atoms with Crippen LogP contribution in [0.1, 0.15) is 23.3 Å². The Morgan fingerprint density at radius 3 is 2.85 bits per heavy atom. The summed E-state index contributed by atoms with van der Waals surface area (Å²) in [5.41, 5.74) is 0.503. The van der Waals surface area contributed by atoms with Crippen molar-refractivity contribution >= 4 is 17.6 Å². The Hall–Kier alpha value is -2.01. The van der Waals surface area contributed by atoms with E-state index in [4.69, 9.17) is 26.0 Å². The van der Waals surface area contributed by atoms with Gasteiger partial charge >= 0.3 is 5.97 Å². The molecule has 1 aliphatic rings. The molecular weight excluding hydrogens is 282 g/mol. The zero-order valence-electron chi connectivity index (χ0n) is 10.5. The molecule has 1 heterocycles. The molecule has 1 N–H and O–H groups in total. The second-order valence-electron chi connectivity index (χ2n) is 4.81. The smallest absolute Gasteiger partial charge is 0.358 e. The third-order valence-corrected chi connectivity index (χ3v) is 3.29. The molecule has 6 heteroatoms. The predicted octanol–water partition coefficient (Wildman–Crippen LogP) is 3.48. The van der Waals surface area contributed by atoms with Crippen LogP contribution in [0, 0.1) is 5.92 Å². The molecule has 2 aromatic rings. The summed E-state index contributed by atoms with van der Waals surface area (Å²) in [5, 5.41) is 12.8. The van der Waals surface area contributed by atoms with E-state index in [1.807, 2.05) is 0 Å². The number of ether oxygens (including phenoxy) is 1. The quantitative estimate of drug-likeness (QED) is 0.913. The average Bonchev–Trinajstić information content (AvgIpc) is 3.09. The van der Waals surface area contributed by atoms with Gasteiger partial charge in [0, 0.05) is 16.7 Å². The van der Waals surface area contributed by atoms with Gasteiger partial charge in [0.15, 0.2) is 11.5 Å². The van der Waals surface area contributed by atoms with Crippen LogP contribution in [0.15, 0.2) is 28.8 Å². The Morgan fingerprint density at radius 2 is 2.20 bits per heavy atom. The molecular formula is C14H12ClNO4. The minimum atomic E-state index is -1.13. The number of aromatic nitrogens is 1. The van der Waals surface area contributed by atoms with Crippen molar-refractivity contribution in [2.45, 2.75) is 12.8 Å². The van der Waals surface area contributed by atoms with Gasteiger partial charge in [-0.05, 0) is 37.0 Å². The van der Waals surface area contributed by atoms with Crippen molar-refractivity contribution < 1.29 is 19.2 Å². The van der Waals surface area contributed by atoms with Gasteiger partial charge in [-0.25, -0.2) is 4.79 Å². The lowest BCUT2D eigenvalue weighted by atomic mass is 10.1. The van der Waals surface area contributed by atoms with E-state index in [0.717, 1.165) is 0 Å². The molecule has 1 aliphatic carbocycles. The van der Waals surface area contributed by atoms with Crippen molar-refractivity contribution in [2.24, 2.45) is 5.92 Å². The van der Waals surface area contributed by atoms with Crippen molar-refractivity contribution in [3.8, 4) is 17.1 Å². The minimum absolute atomic E-state index is 0.138. The standard InChI is InChI=1S/C14H12ClNO4/c15-10-3-9(13-6-12(14(17)18)16-20-13)4-11(5-10)19-7-8-1-2-8/h3-6,8H,1-2,7H2,(H,17,18). The van der Waals surface area contributed by atoms with Crippen LogP contribution in [0.2, 0.25) is 5.02 Å². The number of rotatable bonds is 5. The number of carboxylic acid groups (broad SMARTS) is 1. The summed E-state index contributed by atoms with van der Waals surface area (Å²) in [6, 6.07) is 6.53. The van der Waals surface area contributed by atoms with Gasteiger partial charge in [-0.3, -0.25) is 0 Å². The molecule has 1 saturated carbocycles. The monoisotopic (exact) mass is 293 g/mol. The van der Waals surface area contributed by atoms with Crippen LogP contribution in [-0.4, -0.2) is 22.8 Å². The predicted molar refractivity (Wildman–Crippen MR) is 72.1 cm³/mol. The first-order valence-electron chi connectivity index (χ1n) is 6.25. The number of hydrogen-bond acceptors (Lipinski definition) is 4.